The van der Waals surface area contributed by atoms with Gasteiger partial charge in [0, 0.05) is 12.1 Å². The lowest BCUT2D eigenvalue weighted by molar-refractivity contribution is -0.121. The molecule has 2 amide bonds. The molecule has 6 nitrogen and oxygen atoms in total. The number of nitriles is 1. The van der Waals surface area contributed by atoms with E-state index >= 15 is 0 Å². The van der Waals surface area contributed by atoms with Crippen LogP contribution < -0.4 is 10.6 Å². The molecule has 27 heavy (non-hydrogen) atoms. The highest BCUT2D eigenvalue weighted by atomic mass is 32.2. The van der Waals surface area contributed by atoms with E-state index in [0.717, 1.165) is 28.6 Å². The van der Waals surface area contributed by atoms with Crippen molar-refractivity contribution in [3.8, 4) is 6.07 Å². The van der Waals surface area contributed by atoms with Gasteiger partial charge in [-0.3, -0.25) is 9.59 Å². The van der Waals surface area contributed by atoms with Crippen LogP contribution in [0.1, 0.15) is 29.2 Å². The van der Waals surface area contributed by atoms with Gasteiger partial charge in [-0.1, -0.05) is 30.0 Å². The maximum atomic E-state index is 12.4. The molecule has 0 unspecified atom stereocenters. The first-order chi connectivity index (χ1) is 13.0. The summed E-state index contributed by atoms with van der Waals surface area (Å²) < 4.78 is 5.38. The second kappa shape index (κ2) is 8.14. The third kappa shape index (κ3) is 4.23. The van der Waals surface area contributed by atoms with Crippen LogP contribution in [-0.2, 0) is 9.59 Å². The number of amides is 2. The van der Waals surface area contributed by atoms with E-state index in [4.69, 9.17) is 4.42 Å². The van der Waals surface area contributed by atoms with E-state index in [1.807, 2.05) is 32.0 Å². The predicted octanol–water partition coefficient (Wildman–Crippen LogP) is 3.61. The third-order valence-electron chi connectivity index (χ3n) is 4.34. The van der Waals surface area contributed by atoms with Gasteiger partial charge in [-0.05, 0) is 37.1 Å². The first-order valence-electron chi connectivity index (χ1n) is 8.46. The van der Waals surface area contributed by atoms with Crippen LogP contribution in [0.15, 0.2) is 51.6 Å². The monoisotopic (exact) mass is 381 g/mol. The first kappa shape index (κ1) is 18.8. The lowest BCUT2D eigenvalue weighted by Crippen LogP contribution is -2.31. The molecule has 1 aliphatic rings. The van der Waals surface area contributed by atoms with Crippen molar-refractivity contribution in [3.05, 3.63) is 64.1 Å². The molecule has 0 saturated heterocycles. The molecule has 1 aromatic carbocycles. The maximum absolute atomic E-state index is 12.4. The number of nitrogens with zero attached hydrogens (tertiary/aromatic N) is 1. The van der Waals surface area contributed by atoms with E-state index in [2.05, 4.69) is 16.7 Å². The third-order valence-corrected chi connectivity index (χ3v) is 5.35. The number of aryl methyl sites for hydroxylation is 2. The van der Waals surface area contributed by atoms with Crippen molar-refractivity contribution in [2.45, 2.75) is 26.2 Å². The number of anilines is 1. The lowest BCUT2D eigenvalue weighted by atomic mass is 9.92. The summed E-state index contributed by atoms with van der Waals surface area (Å²) in [6.07, 6.45) is 1.66. The van der Waals surface area contributed by atoms with E-state index in [1.54, 1.807) is 12.1 Å². The summed E-state index contributed by atoms with van der Waals surface area (Å²) in [7, 11) is 0. The van der Waals surface area contributed by atoms with Crippen molar-refractivity contribution in [2.75, 3.05) is 11.1 Å². The Morgan fingerprint density at radius 3 is 2.70 bits per heavy atom. The Hall–Kier alpha value is -2.98. The van der Waals surface area contributed by atoms with Crippen molar-refractivity contribution in [3.63, 3.8) is 0 Å². The van der Waals surface area contributed by atoms with Gasteiger partial charge in [-0.25, -0.2) is 0 Å². The van der Waals surface area contributed by atoms with Gasteiger partial charge in [0.05, 0.1) is 34.6 Å². The molecule has 7 heteroatoms. The number of benzene rings is 1. The molecular weight excluding hydrogens is 362 g/mol. The van der Waals surface area contributed by atoms with Gasteiger partial charge in [-0.2, -0.15) is 5.26 Å². The standard InChI is InChI=1S/C20H19N3O3S/c1-12-5-3-6-13(2)19(12)22-18(25)11-27-20-15(10-21)14(9-17(24)23-20)16-7-4-8-26-16/h3-8,14H,9,11H2,1-2H3,(H,22,25)(H,23,24)/t14-/m1/s1. The largest absolute Gasteiger partial charge is 0.469 e. The Morgan fingerprint density at radius 2 is 2.07 bits per heavy atom. The van der Waals surface area contributed by atoms with Gasteiger partial charge in [0.2, 0.25) is 11.8 Å². The molecule has 1 atom stereocenters. The molecule has 0 aliphatic carbocycles. The van der Waals surface area contributed by atoms with E-state index in [9.17, 15) is 14.9 Å². The highest BCUT2D eigenvalue weighted by molar-refractivity contribution is 8.03. The van der Waals surface area contributed by atoms with Crippen molar-refractivity contribution in [1.29, 1.82) is 5.26 Å². The zero-order valence-electron chi connectivity index (χ0n) is 15.0. The molecule has 3 rings (SSSR count). The van der Waals surface area contributed by atoms with Crippen LogP contribution in [0, 0.1) is 25.2 Å². The average molecular weight is 381 g/mol. The minimum Gasteiger partial charge on any atom is -0.469 e. The zero-order valence-corrected chi connectivity index (χ0v) is 15.9. The normalized spacial score (nSPS) is 16.6. The summed E-state index contributed by atoms with van der Waals surface area (Å²) in [5.74, 6) is -0.175. The van der Waals surface area contributed by atoms with Crippen molar-refractivity contribution >= 4 is 29.3 Å². The van der Waals surface area contributed by atoms with Gasteiger partial charge in [0.1, 0.15) is 5.76 Å². The lowest BCUT2D eigenvalue weighted by Gasteiger charge is -2.23. The Kier molecular flexibility index (Phi) is 5.67. The first-order valence-corrected chi connectivity index (χ1v) is 9.44. The number of para-hydroxylation sites is 1. The van der Waals surface area contributed by atoms with Crippen molar-refractivity contribution in [1.82, 2.24) is 5.32 Å². The van der Waals surface area contributed by atoms with Crippen LogP contribution in [0.25, 0.3) is 0 Å². The summed E-state index contributed by atoms with van der Waals surface area (Å²) in [5.41, 5.74) is 3.16. The smallest absolute Gasteiger partial charge is 0.234 e. The summed E-state index contributed by atoms with van der Waals surface area (Å²) in [5, 5.41) is 15.6. The van der Waals surface area contributed by atoms with Crippen LogP contribution in [0.5, 0.6) is 0 Å². The number of carbonyl (C=O) groups is 2. The summed E-state index contributed by atoms with van der Waals surface area (Å²) >= 11 is 1.15. The fourth-order valence-corrected chi connectivity index (χ4v) is 3.87. The number of carbonyl (C=O) groups excluding carboxylic acids is 2. The van der Waals surface area contributed by atoms with Crippen LogP contribution in [0.2, 0.25) is 0 Å². The quantitative estimate of drug-likeness (QED) is 0.825. The van der Waals surface area contributed by atoms with Gasteiger partial charge >= 0.3 is 0 Å². The molecule has 2 heterocycles. The van der Waals surface area contributed by atoms with Gasteiger partial charge in [0.15, 0.2) is 0 Å². The summed E-state index contributed by atoms with van der Waals surface area (Å²) in [4.78, 5) is 24.4. The molecular formula is C20H19N3O3S. The number of thioether (sulfide) groups is 1. The van der Waals surface area contributed by atoms with Crippen LogP contribution in [-0.4, -0.2) is 17.6 Å². The van der Waals surface area contributed by atoms with Crippen LogP contribution >= 0.6 is 11.8 Å². The summed E-state index contributed by atoms with van der Waals surface area (Å²) in [6.45, 7) is 3.86. The predicted molar refractivity (Wildman–Crippen MR) is 104 cm³/mol. The Morgan fingerprint density at radius 1 is 1.33 bits per heavy atom. The SMILES string of the molecule is Cc1cccc(C)c1NC(=O)CSC1=C(C#N)[C@H](c2ccco2)CC(=O)N1. The van der Waals surface area contributed by atoms with E-state index in [0.29, 0.717) is 16.4 Å². The Labute approximate surface area is 161 Å². The molecule has 0 saturated carbocycles. The number of nitrogens with one attached hydrogen (secondary N) is 2. The molecule has 2 N–H and O–H groups in total. The maximum Gasteiger partial charge on any atom is 0.234 e. The van der Waals surface area contributed by atoms with Gasteiger partial charge < -0.3 is 15.1 Å². The second-order valence-corrected chi connectivity index (χ2v) is 7.26. The van der Waals surface area contributed by atoms with E-state index in [-0.39, 0.29) is 24.0 Å². The Balaban J connectivity index is 1.74. The number of hydrogen-bond donors (Lipinski definition) is 2. The number of allylic oxidation sites excluding steroid dienone is 1. The topological polar surface area (TPSA) is 95.1 Å². The fraction of sp³-hybridized carbons (Fsp3) is 0.250. The number of furan rings is 1. The average Bonchev–Trinajstić information content (AvgIpc) is 3.17. The van der Waals surface area contributed by atoms with Crippen molar-refractivity contribution in [2.24, 2.45) is 0 Å². The molecule has 138 valence electrons. The molecule has 0 radical (unpaired) electrons. The van der Waals surface area contributed by atoms with E-state index in [1.165, 1.54) is 6.26 Å². The molecule has 1 aliphatic heterocycles. The van der Waals surface area contributed by atoms with Crippen molar-refractivity contribution < 1.29 is 14.0 Å². The summed E-state index contributed by atoms with van der Waals surface area (Å²) in [6, 6.07) is 11.4. The minimum absolute atomic E-state index is 0.0828. The highest BCUT2D eigenvalue weighted by Gasteiger charge is 2.31. The van der Waals surface area contributed by atoms with Crippen LogP contribution in [0.4, 0.5) is 5.69 Å². The van der Waals surface area contributed by atoms with Crippen LogP contribution in [0.3, 0.4) is 0 Å². The molecule has 0 bridgehead atoms. The molecule has 0 spiro atoms. The number of hydrogen-bond acceptors (Lipinski definition) is 5. The molecule has 1 aromatic heterocycles. The Bertz CT molecular complexity index is 922. The number of rotatable bonds is 5. The minimum atomic E-state index is -0.428. The van der Waals surface area contributed by atoms with E-state index < -0.39 is 5.92 Å². The zero-order chi connectivity index (χ0) is 19.4. The molecule has 2 aromatic rings. The fourth-order valence-electron chi connectivity index (χ4n) is 2.99. The molecule has 0 fully saturated rings. The second-order valence-electron chi connectivity index (χ2n) is 6.28. The van der Waals surface area contributed by atoms with Gasteiger partial charge in [-0.15, -0.1) is 0 Å². The highest BCUT2D eigenvalue weighted by Crippen LogP contribution is 2.36. The van der Waals surface area contributed by atoms with Gasteiger partial charge in [0.25, 0.3) is 0 Å².